The van der Waals surface area contributed by atoms with Gasteiger partial charge in [-0.15, -0.1) is 0 Å². The zero-order valence-electron chi connectivity index (χ0n) is 22.8. The second-order valence-corrected chi connectivity index (χ2v) is 9.35. The third kappa shape index (κ3) is 7.44. The molecule has 3 atom stereocenters. The number of halogens is 1. The summed E-state index contributed by atoms with van der Waals surface area (Å²) in [5, 5.41) is 2.55. The van der Waals surface area contributed by atoms with Crippen LogP contribution in [-0.4, -0.2) is 62.9 Å². The molecule has 1 N–H and O–H groups in total. The van der Waals surface area contributed by atoms with Crippen LogP contribution in [0.15, 0.2) is 30.5 Å². The summed E-state index contributed by atoms with van der Waals surface area (Å²) in [6, 6.07) is 4.74. The van der Waals surface area contributed by atoms with Crippen molar-refractivity contribution >= 4 is 17.8 Å². The van der Waals surface area contributed by atoms with E-state index in [9.17, 15) is 18.8 Å². The number of rotatable bonds is 13. The minimum atomic E-state index is -1.05. The summed E-state index contributed by atoms with van der Waals surface area (Å²) in [4.78, 5) is 42.3. The Morgan fingerprint density at radius 2 is 1.79 bits per heavy atom. The molecule has 1 aromatic heterocycles. The van der Waals surface area contributed by atoms with Crippen molar-refractivity contribution in [3.63, 3.8) is 0 Å². The van der Waals surface area contributed by atoms with Crippen LogP contribution in [0.2, 0.25) is 0 Å². The van der Waals surface area contributed by atoms with E-state index in [0.717, 1.165) is 24.8 Å². The van der Waals surface area contributed by atoms with Gasteiger partial charge in [-0.25, -0.2) is 14.2 Å². The molecule has 11 heteroatoms. The van der Waals surface area contributed by atoms with Crippen LogP contribution >= 0.6 is 0 Å². The van der Waals surface area contributed by atoms with E-state index in [1.54, 1.807) is 13.0 Å². The summed E-state index contributed by atoms with van der Waals surface area (Å²) in [6.07, 6.45) is 3.67. The minimum Gasteiger partial charge on any atom is -0.496 e. The molecule has 1 aliphatic rings. The van der Waals surface area contributed by atoms with Gasteiger partial charge in [0.1, 0.15) is 23.7 Å². The number of carbonyl (C=O) groups excluding carboxylic acids is 3. The summed E-state index contributed by atoms with van der Waals surface area (Å²) >= 11 is 0. The highest BCUT2D eigenvalue weighted by Gasteiger charge is 2.37. The van der Waals surface area contributed by atoms with E-state index >= 15 is 0 Å². The van der Waals surface area contributed by atoms with Gasteiger partial charge in [-0.3, -0.25) is 9.59 Å². The van der Waals surface area contributed by atoms with E-state index in [0.29, 0.717) is 5.75 Å². The number of nitrogens with zero attached hydrogens (tertiary/aromatic N) is 1. The number of aromatic nitrogens is 1. The number of esters is 2. The predicted molar refractivity (Wildman–Crippen MR) is 138 cm³/mol. The van der Waals surface area contributed by atoms with Crippen LogP contribution in [0.1, 0.15) is 61.5 Å². The van der Waals surface area contributed by atoms with Gasteiger partial charge in [0.2, 0.25) is 5.75 Å². The van der Waals surface area contributed by atoms with Crippen LogP contribution < -0.4 is 19.5 Å². The molecule has 2 aromatic rings. The van der Waals surface area contributed by atoms with E-state index in [4.69, 9.17) is 23.7 Å². The predicted octanol–water partition coefficient (Wildman–Crippen LogP) is 3.81. The molecule has 0 saturated heterocycles. The summed E-state index contributed by atoms with van der Waals surface area (Å²) < 4.78 is 40.5. The van der Waals surface area contributed by atoms with Gasteiger partial charge in [-0.2, -0.15) is 0 Å². The number of hydrogen-bond donors (Lipinski definition) is 1. The Morgan fingerprint density at radius 3 is 2.41 bits per heavy atom. The summed E-state index contributed by atoms with van der Waals surface area (Å²) in [7, 11) is 4.28. The maximum atomic E-state index is 13.8. The van der Waals surface area contributed by atoms with Crippen molar-refractivity contribution < 1.29 is 42.5 Å². The first-order chi connectivity index (χ1) is 18.7. The lowest BCUT2D eigenvalue weighted by Crippen LogP contribution is -2.42. The molecule has 39 heavy (non-hydrogen) atoms. The van der Waals surface area contributed by atoms with Gasteiger partial charge in [0.05, 0.1) is 27.2 Å². The maximum absolute atomic E-state index is 13.8. The smallest absolute Gasteiger partial charge is 0.328 e. The molecule has 0 spiro atoms. The quantitative estimate of drug-likeness (QED) is 0.374. The number of methoxy groups -OCH3 is 3. The van der Waals surface area contributed by atoms with E-state index in [1.165, 1.54) is 52.6 Å². The van der Waals surface area contributed by atoms with Crippen LogP contribution in [0.3, 0.4) is 0 Å². The highest BCUT2D eigenvalue weighted by atomic mass is 19.1. The third-order valence-electron chi connectivity index (χ3n) is 6.75. The summed E-state index contributed by atoms with van der Waals surface area (Å²) in [6.45, 7) is 3.39. The number of amides is 1. The van der Waals surface area contributed by atoms with Crippen LogP contribution in [0, 0.1) is 11.7 Å². The lowest BCUT2D eigenvalue weighted by Gasteiger charge is -2.38. The molecule has 1 aliphatic carbocycles. The molecule has 3 rings (SSSR count). The van der Waals surface area contributed by atoms with E-state index in [1.807, 2.05) is 0 Å². The summed E-state index contributed by atoms with van der Waals surface area (Å²) in [5.74, 6) is -2.09. The Labute approximate surface area is 227 Å². The van der Waals surface area contributed by atoms with Crippen LogP contribution in [0.4, 0.5) is 4.39 Å². The number of hydrogen-bond acceptors (Lipinski definition) is 9. The Kier molecular flexibility index (Phi) is 10.6. The number of carbonyl (C=O) groups is 3. The molecule has 1 aromatic carbocycles. The first kappa shape index (κ1) is 29.8. The maximum Gasteiger partial charge on any atom is 0.328 e. The Morgan fingerprint density at radius 1 is 1.08 bits per heavy atom. The molecule has 1 amide bonds. The molecule has 212 valence electrons. The van der Waals surface area contributed by atoms with Gasteiger partial charge in [0.15, 0.2) is 11.4 Å². The van der Waals surface area contributed by atoms with E-state index in [-0.39, 0.29) is 42.1 Å². The zero-order chi connectivity index (χ0) is 28.5. The SMILES string of the molecule is COCCC(=O)Oc1c(OC)ccnc1C(=O)N[C@@H](C)C(=O)O[C@@H](C)[C@H](c1ccc(F)cc1OC)C1CCC1. The Bertz CT molecular complexity index is 1170. The number of benzene rings is 1. The molecular formula is C28H35FN2O8. The Balaban J connectivity index is 1.73. The van der Waals surface area contributed by atoms with Crippen molar-refractivity contribution in [2.24, 2.45) is 5.92 Å². The topological polar surface area (TPSA) is 122 Å². The fraction of sp³-hybridized carbons (Fsp3) is 0.500. The van der Waals surface area contributed by atoms with Gasteiger partial charge in [0.25, 0.3) is 5.91 Å². The van der Waals surface area contributed by atoms with Crippen molar-refractivity contribution in [3.05, 3.63) is 47.5 Å². The van der Waals surface area contributed by atoms with Crippen molar-refractivity contribution in [2.75, 3.05) is 27.9 Å². The monoisotopic (exact) mass is 546 g/mol. The number of pyridine rings is 1. The number of nitrogens with one attached hydrogen (secondary N) is 1. The van der Waals surface area contributed by atoms with E-state index < -0.39 is 35.8 Å². The average molecular weight is 547 g/mol. The highest BCUT2D eigenvalue weighted by molar-refractivity contribution is 5.98. The second kappa shape index (κ2) is 13.9. The van der Waals surface area contributed by atoms with Crippen LogP contribution in [-0.2, 0) is 19.1 Å². The molecule has 1 fully saturated rings. The molecule has 0 aliphatic heterocycles. The fourth-order valence-electron chi connectivity index (χ4n) is 4.53. The molecular weight excluding hydrogens is 511 g/mol. The largest absolute Gasteiger partial charge is 0.496 e. The normalized spacial score (nSPS) is 15.3. The van der Waals surface area contributed by atoms with Gasteiger partial charge in [-0.1, -0.05) is 12.5 Å². The first-order valence-electron chi connectivity index (χ1n) is 12.8. The Hall–Kier alpha value is -3.73. The minimum absolute atomic E-state index is 0.0444. The van der Waals surface area contributed by atoms with Crippen molar-refractivity contribution in [1.29, 1.82) is 0 Å². The van der Waals surface area contributed by atoms with Crippen LogP contribution in [0.5, 0.6) is 17.2 Å². The third-order valence-corrected chi connectivity index (χ3v) is 6.75. The standard InChI is InChI=1S/C28H35FN2O8/c1-16(31-27(33)25-26(21(36-4)11-13-30-25)39-23(32)12-14-35-3)28(34)38-17(2)24(18-7-6-8-18)20-10-9-19(29)15-22(20)37-5/h9-11,13,15-18,24H,6-8,12,14H2,1-5H3,(H,31,33)/t16-,17-,24-/m0/s1. The van der Waals surface area contributed by atoms with Crippen molar-refractivity contribution in [3.8, 4) is 17.2 Å². The molecule has 0 unspecified atom stereocenters. The second-order valence-electron chi connectivity index (χ2n) is 9.35. The lowest BCUT2D eigenvalue weighted by atomic mass is 9.70. The van der Waals surface area contributed by atoms with Gasteiger partial charge < -0.3 is 29.0 Å². The van der Waals surface area contributed by atoms with Crippen molar-refractivity contribution in [2.45, 2.75) is 57.6 Å². The van der Waals surface area contributed by atoms with Gasteiger partial charge in [0, 0.05) is 36.9 Å². The van der Waals surface area contributed by atoms with E-state index in [2.05, 4.69) is 10.3 Å². The van der Waals surface area contributed by atoms with Gasteiger partial charge >= 0.3 is 11.9 Å². The molecule has 10 nitrogen and oxygen atoms in total. The first-order valence-corrected chi connectivity index (χ1v) is 12.8. The average Bonchev–Trinajstić information content (AvgIpc) is 2.89. The van der Waals surface area contributed by atoms with Crippen LogP contribution in [0.25, 0.3) is 0 Å². The van der Waals surface area contributed by atoms with Crippen molar-refractivity contribution in [1.82, 2.24) is 10.3 Å². The number of ether oxygens (including phenoxy) is 5. The summed E-state index contributed by atoms with van der Waals surface area (Å²) in [5.41, 5.74) is 0.539. The zero-order valence-corrected chi connectivity index (χ0v) is 22.8. The fourth-order valence-corrected chi connectivity index (χ4v) is 4.53. The molecule has 1 heterocycles. The van der Waals surface area contributed by atoms with Gasteiger partial charge in [-0.05, 0) is 38.7 Å². The highest BCUT2D eigenvalue weighted by Crippen LogP contribution is 2.45. The molecule has 0 radical (unpaired) electrons. The molecule has 1 saturated carbocycles. The molecule has 0 bridgehead atoms. The lowest BCUT2D eigenvalue weighted by molar-refractivity contribution is -0.152.